The summed E-state index contributed by atoms with van der Waals surface area (Å²) in [5.41, 5.74) is -0.227. The minimum absolute atomic E-state index is 0.0680. The summed E-state index contributed by atoms with van der Waals surface area (Å²) >= 11 is 0. The molecule has 3 aromatic rings. The van der Waals surface area contributed by atoms with Gasteiger partial charge in [-0.2, -0.15) is 0 Å². The normalized spacial score (nSPS) is 15.4. The predicted molar refractivity (Wildman–Crippen MR) is 105 cm³/mol. The fourth-order valence-corrected chi connectivity index (χ4v) is 3.96. The molecule has 138 valence electrons. The van der Waals surface area contributed by atoms with Gasteiger partial charge in [0.05, 0.1) is 16.0 Å². The van der Waals surface area contributed by atoms with Crippen LogP contribution in [0.5, 0.6) is 0 Å². The average Bonchev–Trinajstić information content (AvgIpc) is 3.10. The molecule has 0 spiro atoms. The molecule has 0 saturated carbocycles. The summed E-state index contributed by atoms with van der Waals surface area (Å²) in [6.45, 7) is 1.62. The molecule has 0 radical (unpaired) electrons. The Kier molecular flexibility index (Phi) is 5.12. The maximum absolute atomic E-state index is 12.5. The van der Waals surface area contributed by atoms with Crippen LogP contribution in [0.25, 0.3) is 10.9 Å². The van der Waals surface area contributed by atoms with E-state index in [9.17, 15) is 13.2 Å². The van der Waals surface area contributed by atoms with E-state index in [4.69, 9.17) is 5.11 Å². The third kappa shape index (κ3) is 4.24. The number of ketones is 1. The van der Waals surface area contributed by atoms with Gasteiger partial charge in [-0.05, 0) is 55.5 Å². The van der Waals surface area contributed by atoms with Crippen molar-refractivity contribution in [3.63, 3.8) is 0 Å². The van der Waals surface area contributed by atoms with Crippen LogP contribution >= 0.6 is 0 Å². The van der Waals surface area contributed by atoms with Gasteiger partial charge < -0.3 is 5.11 Å². The number of nitrogens with zero attached hydrogens (tertiary/aromatic N) is 1. The molecule has 0 aliphatic heterocycles. The maximum Gasteiger partial charge on any atom is 0.268 e. The van der Waals surface area contributed by atoms with E-state index in [1.165, 1.54) is 28.3 Å². The van der Waals surface area contributed by atoms with Gasteiger partial charge >= 0.3 is 0 Å². The largest absolute Gasteiger partial charge is 0.382 e. The van der Waals surface area contributed by atoms with Crippen LogP contribution in [0.15, 0.2) is 96.1 Å². The van der Waals surface area contributed by atoms with E-state index in [1.54, 1.807) is 55.6 Å². The molecule has 6 heteroatoms. The van der Waals surface area contributed by atoms with Crippen molar-refractivity contribution in [1.82, 2.24) is 3.97 Å². The monoisotopic (exact) mass is 381 g/mol. The number of hydrogen-bond acceptors (Lipinski definition) is 4. The second-order valence-electron chi connectivity index (χ2n) is 6.28. The van der Waals surface area contributed by atoms with E-state index >= 15 is 0 Å². The second-order valence-corrected chi connectivity index (χ2v) is 8.10. The number of carbonyl (C=O) groups is 1. The van der Waals surface area contributed by atoms with Crippen molar-refractivity contribution in [1.29, 1.82) is 0 Å². The minimum atomic E-state index is -3.51. The zero-order valence-electron chi connectivity index (χ0n) is 14.7. The van der Waals surface area contributed by atoms with Crippen molar-refractivity contribution in [3.05, 3.63) is 91.2 Å². The highest BCUT2D eigenvalue weighted by molar-refractivity contribution is 7.90. The summed E-state index contributed by atoms with van der Waals surface area (Å²) in [7, 11) is -3.51. The Morgan fingerprint density at radius 3 is 2.11 bits per heavy atom. The Bertz CT molecular complexity index is 1110. The Hall–Kier alpha value is -2.96. The SMILES string of the molecule is CC1(O)C=CC(=O)C=C1.O=S(=O)(c1ccccc1)n1ccc2ccccc21. The standard InChI is InChI=1S/C14H11NO2S.C7H8O2/c16-18(17,13-7-2-1-3-8-13)15-11-10-12-6-4-5-9-14(12)15;1-7(9)4-2-6(8)3-5-7/h1-11H;2-5,9H,1H3. The molecule has 0 saturated heterocycles. The summed E-state index contributed by atoms with van der Waals surface area (Å²) in [6, 6.07) is 17.7. The maximum atomic E-state index is 12.5. The highest BCUT2D eigenvalue weighted by Gasteiger charge is 2.17. The fourth-order valence-electron chi connectivity index (χ4n) is 2.59. The molecule has 4 rings (SSSR count). The lowest BCUT2D eigenvalue weighted by molar-refractivity contribution is -0.110. The molecule has 1 N–H and O–H groups in total. The topological polar surface area (TPSA) is 76.4 Å². The van der Waals surface area contributed by atoms with Crippen LogP contribution < -0.4 is 0 Å². The Labute approximate surface area is 157 Å². The molecule has 27 heavy (non-hydrogen) atoms. The van der Waals surface area contributed by atoms with E-state index in [0.29, 0.717) is 10.4 Å². The quantitative estimate of drug-likeness (QED) is 0.739. The van der Waals surface area contributed by atoms with Gasteiger partial charge in [-0.3, -0.25) is 4.79 Å². The number of allylic oxidation sites excluding steroid dienone is 2. The van der Waals surface area contributed by atoms with E-state index in [2.05, 4.69) is 0 Å². The first-order valence-electron chi connectivity index (χ1n) is 8.31. The number of rotatable bonds is 2. The number of para-hydroxylation sites is 1. The van der Waals surface area contributed by atoms with Gasteiger partial charge in [-0.1, -0.05) is 36.4 Å². The molecule has 1 aliphatic carbocycles. The van der Waals surface area contributed by atoms with Gasteiger partial charge in [-0.15, -0.1) is 0 Å². The van der Waals surface area contributed by atoms with E-state index in [1.807, 2.05) is 18.2 Å². The van der Waals surface area contributed by atoms with Crippen LogP contribution in [0.4, 0.5) is 0 Å². The van der Waals surface area contributed by atoms with Crippen molar-refractivity contribution in [2.24, 2.45) is 0 Å². The first-order valence-corrected chi connectivity index (χ1v) is 9.75. The lowest BCUT2D eigenvalue weighted by Crippen LogP contribution is -2.20. The van der Waals surface area contributed by atoms with Crippen LogP contribution in [0.1, 0.15) is 6.92 Å². The van der Waals surface area contributed by atoms with Gasteiger partial charge in [-0.25, -0.2) is 12.4 Å². The van der Waals surface area contributed by atoms with Gasteiger partial charge in [0.15, 0.2) is 5.78 Å². The second kappa shape index (κ2) is 7.34. The minimum Gasteiger partial charge on any atom is -0.382 e. The molecule has 5 nitrogen and oxygen atoms in total. The molecule has 1 aromatic heterocycles. The van der Waals surface area contributed by atoms with Crippen LogP contribution in [-0.2, 0) is 14.8 Å². The van der Waals surface area contributed by atoms with Crippen molar-refractivity contribution in [2.75, 3.05) is 0 Å². The fraction of sp³-hybridized carbons (Fsp3) is 0.0952. The average molecular weight is 381 g/mol. The van der Waals surface area contributed by atoms with Crippen LogP contribution in [-0.4, -0.2) is 28.9 Å². The molecular weight excluding hydrogens is 362 g/mol. The lowest BCUT2D eigenvalue weighted by atomic mass is 10.0. The summed E-state index contributed by atoms with van der Waals surface area (Å²) < 4.78 is 26.3. The van der Waals surface area contributed by atoms with Crippen molar-refractivity contribution >= 4 is 26.7 Å². The number of hydrogen-bond donors (Lipinski definition) is 1. The van der Waals surface area contributed by atoms with Crippen molar-refractivity contribution in [2.45, 2.75) is 17.4 Å². The molecule has 1 heterocycles. The number of fused-ring (bicyclic) bond motifs is 1. The number of carbonyl (C=O) groups excluding carboxylic acids is 1. The third-order valence-corrected chi connectivity index (χ3v) is 5.74. The summed E-state index contributed by atoms with van der Waals surface area (Å²) in [4.78, 5) is 10.8. The van der Waals surface area contributed by atoms with E-state index in [-0.39, 0.29) is 5.78 Å². The first-order chi connectivity index (χ1) is 12.8. The summed E-state index contributed by atoms with van der Waals surface area (Å²) in [6.07, 6.45) is 7.25. The number of aliphatic hydroxyl groups is 1. The molecular formula is C21H19NO4S. The Morgan fingerprint density at radius 1 is 0.889 bits per heavy atom. The molecule has 2 aromatic carbocycles. The summed E-state index contributed by atoms with van der Waals surface area (Å²) in [5, 5.41) is 10.1. The zero-order chi connectivity index (χ0) is 19.5. The molecule has 0 amide bonds. The van der Waals surface area contributed by atoms with E-state index in [0.717, 1.165) is 5.39 Å². The molecule has 0 unspecified atom stereocenters. The Balaban J connectivity index is 0.000000197. The molecule has 1 aliphatic rings. The molecule has 0 fully saturated rings. The van der Waals surface area contributed by atoms with Crippen LogP contribution in [0.2, 0.25) is 0 Å². The van der Waals surface area contributed by atoms with Gasteiger partial charge in [0, 0.05) is 11.6 Å². The van der Waals surface area contributed by atoms with E-state index < -0.39 is 15.6 Å². The predicted octanol–water partition coefficient (Wildman–Crippen LogP) is 3.31. The molecule has 0 atom stereocenters. The van der Waals surface area contributed by atoms with Crippen molar-refractivity contribution in [3.8, 4) is 0 Å². The number of aromatic nitrogens is 1. The van der Waals surface area contributed by atoms with Gasteiger partial charge in [0.2, 0.25) is 0 Å². The lowest BCUT2D eigenvalue weighted by Gasteiger charge is -2.14. The smallest absolute Gasteiger partial charge is 0.268 e. The molecule has 0 bridgehead atoms. The summed E-state index contributed by atoms with van der Waals surface area (Å²) in [5.74, 6) is -0.0680. The van der Waals surface area contributed by atoms with Crippen LogP contribution in [0.3, 0.4) is 0 Å². The first kappa shape index (κ1) is 18.8. The van der Waals surface area contributed by atoms with Crippen molar-refractivity contribution < 1.29 is 18.3 Å². The highest BCUT2D eigenvalue weighted by Crippen LogP contribution is 2.21. The highest BCUT2D eigenvalue weighted by atomic mass is 32.2. The van der Waals surface area contributed by atoms with Gasteiger partial charge in [0.1, 0.15) is 0 Å². The Morgan fingerprint density at radius 2 is 1.48 bits per heavy atom. The van der Waals surface area contributed by atoms with Gasteiger partial charge in [0.25, 0.3) is 10.0 Å². The third-order valence-electron chi connectivity index (χ3n) is 4.03. The zero-order valence-corrected chi connectivity index (χ0v) is 15.5. The number of benzene rings is 2. The van der Waals surface area contributed by atoms with Crippen LogP contribution in [0, 0.1) is 0 Å².